The number of aryl methyl sites for hydroxylation is 2. The maximum atomic E-state index is 6.14. The highest BCUT2D eigenvalue weighted by molar-refractivity contribution is 7.09. The Morgan fingerprint density at radius 2 is 2.20 bits per heavy atom. The Balaban J connectivity index is 1.36. The standard InChI is InChI=1S/C20H27N3OS/c1-15-5-3-7-18(21-15)10-23-9-17-6-4-8-20(17,13-23)14-24-11-19-12-25-16(2)22-19/h3,5,7,12,17H,4,6,8-11,13-14H2,1-2H3/t17-,20+/m1/s1. The largest absolute Gasteiger partial charge is 0.374 e. The van der Waals surface area contributed by atoms with E-state index >= 15 is 0 Å². The minimum atomic E-state index is 0.342. The molecule has 4 rings (SSSR count). The SMILES string of the molecule is Cc1cccc(CN2C[C@H]3CCC[C@@]3(COCc3csc(C)n3)C2)n1. The summed E-state index contributed by atoms with van der Waals surface area (Å²) in [6.45, 7) is 8.93. The zero-order valence-electron chi connectivity index (χ0n) is 15.2. The molecule has 3 heterocycles. The summed E-state index contributed by atoms with van der Waals surface area (Å²) in [5.74, 6) is 0.773. The van der Waals surface area contributed by atoms with E-state index in [2.05, 4.69) is 45.4 Å². The fourth-order valence-electron chi connectivity index (χ4n) is 4.63. The molecule has 5 heteroatoms. The van der Waals surface area contributed by atoms with E-state index in [9.17, 15) is 0 Å². The molecule has 2 aromatic rings. The Hall–Kier alpha value is -1.30. The molecule has 0 N–H and O–H groups in total. The summed E-state index contributed by atoms with van der Waals surface area (Å²) in [7, 11) is 0. The Kier molecular flexibility index (Phi) is 4.89. The van der Waals surface area contributed by atoms with Crippen LogP contribution in [0.15, 0.2) is 23.6 Å². The Labute approximate surface area is 154 Å². The number of nitrogens with zero attached hydrogens (tertiary/aromatic N) is 3. The lowest BCUT2D eigenvalue weighted by molar-refractivity contribution is 0.0254. The van der Waals surface area contributed by atoms with E-state index < -0.39 is 0 Å². The topological polar surface area (TPSA) is 38.2 Å². The summed E-state index contributed by atoms with van der Waals surface area (Å²) < 4.78 is 6.14. The minimum absolute atomic E-state index is 0.342. The fraction of sp³-hybridized carbons (Fsp3) is 0.600. The molecule has 1 aliphatic carbocycles. The molecule has 2 fully saturated rings. The molecule has 1 aliphatic heterocycles. The van der Waals surface area contributed by atoms with Gasteiger partial charge in [-0.05, 0) is 44.7 Å². The molecule has 0 aromatic carbocycles. The smallest absolute Gasteiger partial charge is 0.0898 e. The van der Waals surface area contributed by atoms with Crippen molar-refractivity contribution < 1.29 is 4.74 Å². The van der Waals surface area contributed by atoms with Crippen molar-refractivity contribution in [1.29, 1.82) is 0 Å². The van der Waals surface area contributed by atoms with Crippen molar-refractivity contribution in [3.05, 3.63) is 45.7 Å². The molecule has 0 radical (unpaired) electrons. The Morgan fingerprint density at radius 3 is 3.00 bits per heavy atom. The minimum Gasteiger partial charge on any atom is -0.374 e. The number of likely N-dealkylation sites (tertiary alicyclic amines) is 1. The van der Waals surface area contributed by atoms with Gasteiger partial charge in [-0.25, -0.2) is 4.98 Å². The first-order chi connectivity index (χ1) is 12.1. The van der Waals surface area contributed by atoms with Gasteiger partial charge in [-0.15, -0.1) is 11.3 Å². The van der Waals surface area contributed by atoms with Gasteiger partial charge in [0.25, 0.3) is 0 Å². The number of thiazole rings is 1. The molecule has 2 aliphatic rings. The van der Waals surface area contributed by atoms with Crippen molar-refractivity contribution in [2.24, 2.45) is 11.3 Å². The van der Waals surface area contributed by atoms with Crippen LogP contribution in [0.3, 0.4) is 0 Å². The zero-order valence-corrected chi connectivity index (χ0v) is 16.0. The van der Waals surface area contributed by atoms with Gasteiger partial charge in [0.05, 0.1) is 29.6 Å². The second-order valence-corrected chi connectivity index (χ2v) is 8.80. The van der Waals surface area contributed by atoms with Gasteiger partial charge in [0.2, 0.25) is 0 Å². The van der Waals surface area contributed by atoms with Crippen LogP contribution >= 0.6 is 11.3 Å². The zero-order chi connectivity index (χ0) is 17.3. The van der Waals surface area contributed by atoms with E-state index in [0.717, 1.165) is 42.0 Å². The molecular weight excluding hydrogens is 330 g/mol. The van der Waals surface area contributed by atoms with E-state index in [4.69, 9.17) is 4.74 Å². The van der Waals surface area contributed by atoms with Crippen LogP contribution in [0.1, 0.15) is 41.4 Å². The van der Waals surface area contributed by atoms with E-state index in [1.165, 1.54) is 31.5 Å². The number of pyridine rings is 1. The van der Waals surface area contributed by atoms with E-state index in [1.54, 1.807) is 11.3 Å². The van der Waals surface area contributed by atoms with E-state index in [1.807, 2.05) is 6.92 Å². The van der Waals surface area contributed by atoms with Gasteiger partial charge in [0.15, 0.2) is 0 Å². The summed E-state index contributed by atoms with van der Waals surface area (Å²) >= 11 is 1.70. The van der Waals surface area contributed by atoms with Crippen molar-refractivity contribution >= 4 is 11.3 Å². The van der Waals surface area contributed by atoms with Crippen molar-refractivity contribution in [3.8, 4) is 0 Å². The first-order valence-corrected chi connectivity index (χ1v) is 10.1. The Morgan fingerprint density at radius 1 is 1.28 bits per heavy atom. The summed E-state index contributed by atoms with van der Waals surface area (Å²) in [6.07, 6.45) is 3.99. The number of ether oxygens (including phenoxy) is 1. The molecule has 1 saturated heterocycles. The third-order valence-corrected chi connectivity index (χ3v) is 6.57. The molecule has 2 aromatic heterocycles. The molecular formula is C20H27N3OS. The third kappa shape index (κ3) is 3.78. The van der Waals surface area contributed by atoms with Gasteiger partial charge in [-0.1, -0.05) is 12.5 Å². The first kappa shape index (κ1) is 17.1. The molecule has 4 nitrogen and oxygen atoms in total. The third-order valence-electron chi connectivity index (χ3n) is 5.75. The normalized spacial score (nSPS) is 26.2. The second kappa shape index (κ2) is 7.14. The molecule has 134 valence electrons. The molecule has 25 heavy (non-hydrogen) atoms. The number of hydrogen-bond acceptors (Lipinski definition) is 5. The van der Waals surface area contributed by atoms with Crippen molar-refractivity contribution in [3.63, 3.8) is 0 Å². The van der Waals surface area contributed by atoms with Crippen LogP contribution in [0.2, 0.25) is 0 Å². The van der Waals surface area contributed by atoms with Crippen molar-refractivity contribution in [2.45, 2.75) is 46.3 Å². The van der Waals surface area contributed by atoms with Crippen molar-refractivity contribution in [2.75, 3.05) is 19.7 Å². The lowest BCUT2D eigenvalue weighted by Crippen LogP contribution is -2.32. The summed E-state index contributed by atoms with van der Waals surface area (Å²) in [5, 5.41) is 3.23. The van der Waals surface area contributed by atoms with E-state index in [0.29, 0.717) is 12.0 Å². The van der Waals surface area contributed by atoms with Gasteiger partial charge >= 0.3 is 0 Å². The van der Waals surface area contributed by atoms with Crippen molar-refractivity contribution in [1.82, 2.24) is 14.9 Å². The summed E-state index contributed by atoms with van der Waals surface area (Å²) in [4.78, 5) is 11.8. The van der Waals surface area contributed by atoms with Crippen LogP contribution < -0.4 is 0 Å². The van der Waals surface area contributed by atoms with Crippen LogP contribution in [0.25, 0.3) is 0 Å². The number of aromatic nitrogens is 2. The van der Waals surface area contributed by atoms with E-state index in [-0.39, 0.29) is 0 Å². The summed E-state index contributed by atoms with van der Waals surface area (Å²) in [6, 6.07) is 6.33. The van der Waals surface area contributed by atoms with Crippen LogP contribution in [0.4, 0.5) is 0 Å². The quantitative estimate of drug-likeness (QED) is 0.784. The van der Waals surface area contributed by atoms with Crippen LogP contribution in [0.5, 0.6) is 0 Å². The molecule has 1 saturated carbocycles. The first-order valence-electron chi connectivity index (χ1n) is 9.27. The Bertz CT molecular complexity index is 731. The molecule has 0 amide bonds. The highest BCUT2D eigenvalue weighted by Crippen LogP contribution is 2.49. The molecule has 0 spiro atoms. The predicted molar refractivity (Wildman–Crippen MR) is 101 cm³/mol. The van der Waals surface area contributed by atoms with Gasteiger partial charge in [-0.3, -0.25) is 9.88 Å². The molecule has 2 atom stereocenters. The lowest BCUT2D eigenvalue weighted by Gasteiger charge is -2.28. The van der Waals surface area contributed by atoms with Gasteiger partial charge in [0, 0.05) is 36.1 Å². The van der Waals surface area contributed by atoms with Gasteiger partial charge in [0.1, 0.15) is 0 Å². The average Bonchev–Trinajstić information content (AvgIpc) is 3.22. The number of rotatable bonds is 6. The van der Waals surface area contributed by atoms with Gasteiger partial charge in [-0.2, -0.15) is 0 Å². The van der Waals surface area contributed by atoms with Gasteiger partial charge < -0.3 is 4.74 Å². The van der Waals surface area contributed by atoms with Crippen LogP contribution in [0, 0.1) is 25.2 Å². The number of hydrogen-bond donors (Lipinski definition) is 0. The predicted octanol–water partition coefficient (Wildman–Crippen LogP) is 3.97. The maximum Gasteiger partial charge on any atom is 0.0898 e. The highest BCUT2D eigenvalue weighted by Gasteiger charge is 2.49. The molecule has 0 unspecified atom stereocenters. The molecule has 0 bridgehead atoms. The fourth-order valence-corrected chi connectivity index (χ4v) is 5.23. The average molecular weight is 358 g/mol. The maximum absolute atomic E-state index is 6.14. The van der Waals surface area contributed by atoms with Crippen LogP contribution in [-0.2, 0) is 17.9 Å². The second-order valence-electron chi connectivity index (χ2n) is 7.74. The summed E-state index contributed by atoms with van der Waals surface area (Å²) in [5.41, 5.74) is 3.71. The van der Waals surface area contributed by atoms with Crippen LogP contribution in [-0.4, -0.2) is 34.6 Å². The highest BCUT2D eigenvalue weighted by atomic mass is 32.1. The number of fused-ring (bicyclic) bond motifs is 1. The lowest BCUT2D eigenvalue weighted by atomic mass is 9.81. The monoisotopic (exact) mass is 357 g/mol.